The summed E-state index contributed by atoms with van der Waals surface area (Å²) in [6.45, 7) is 5.06. The molecule has 5 heteroatoms. The molecule has 0 aliphatic heterocycles. The molecule has 0 aliphatic carbocycles. The third kappa shape index (κ3) is 6.18. The van der Waals surface area contributed by atoms with Crippen LogP contribution in [0.1, 0.15) is 25.8 Å². The van der Waals surface area contributed by atoms with Gasteiger partial charge in [0.25, 0.3) is 0 Å². The predicted octanol–water partition coefficient (Wildman–Crippen LogP) is 2.65. The van der Waals surface area contributed by atoms with Crippen LogP contribution < -0.4 is 14.8 Å². The van der Waals surface area contributed by atoms with E-state index in [2.05, 4.69) is 5.32 Å². The Labute approximate surface area is 132 Å². The SMILES string of the molecule is CCCOc1ccc(/C=C/C(=O)NC(C)COC)cc1OC. The fourth-order valence-electron chi connectivity index (χ4n) is 1.87. The lowest BCUT2D eigenvalue weighted by Gasteiger charge is -2.11. The van der Waals surface area contributed by atoms with Crippen LogP contribution in [0, 0.1) is 0 Å². The first-order valence-corrected chi connectivity index (χ1v) is 7.39. The summed E-state index contributed by atoms with van der Waals surface area (Å²) in [6, 6.07) is 5.55. The lowest BCUT2D eigenvalue weighted by Crippen LogP contribution is -2.34. The maximum absolute atomic E-state index is 11.8. The van der Waals surface area contributed by atoms with Crippen LogP contribution in [-0.4, -0.2) is 39.4 Å². The molecular weight excluding hydrogens is 282 g/mol. The van der Waals surface area contributed by atoms with Crippen LogP contribution in [0.3, 0.4) is 0 Å². The quantitative estimate of drug-likeness (QED) is 0.713. The standard InChI is InChI=1S/C17H25NO4/c1-5-10-22-15-8-6-14(11-16(15)21-4)7-9-17(19)18-13(2)12-20-3/h6-9,11,13H,5,10,12H2,1-4H3,(H,18,19)/b9-7+. The Morgan fingerprint density at radius 1 is 1.32 bits per heavy atom. The number of carbonyl (C=O) groups is 1. The summed E-state index contributed by atoms with van der Waals surface area (Å²) in [7, 11) is 3.20. The number of nitrogens with one attached hydrogen (secondary N) is 1. The van der Waals surface area contributed by atoms with Crippen LogP contribution in [0.25, 0.3) is 6.08 Å². The Morgan fingerprint density at radius 3 is 2.73 bits per heavy atom. The Bertz CT molecular complexity index is 499. The highest BCUT2D eigenvalue weighted by Crippen LogP contribution is 2.28. The number of amides is 1. The molecule has 0 fully saturated rings. The van der Waals surface area contributed by atoms with E-state index in [-0.39, 0.29) is 11.9 Å². The van der Waals surface area contributed by atoms with Crippen LogP contribution in [-0.2, 0) is 9.53 Å². The molecule has 0 saturated heterocycles. The summed E-state index contributed by atoms with van der Waals surface area (Å²) >= 11 is 0. The summed E-state index contributed by atoms with van der Waals surface area (Å²) in [5, 5.41) is 2.81. The van der Waals surface area contributed by atoms with Gasteiger partial charge in [0.05, 0.1) is 20.3 Å². The topological polar surface area (TPSA) is 56.8 Å². The molecule has 0 heterocycles. The molecular formula is C17H25NO4. The van der Waals surface area contributed by atoms with Crippen molar-refractivity contribution >= 4 is 12.0 Å². The Hall–Kier alpha value is -2.01. The van der Waals surface area contributed by atoms with Crippen molar-refractivity contribution in [3.8, 4) is 11.5 Å². The van der Waals surface area contributed by atoms with E-state index in [0.29, 0.717) is 24.7 Å². The van der Waals surface area contributed by atoms with Gasteiger partial charge in [0, 0.05) is 19.2 Å². The molecule has 1 N–H and O–H groups in total. The van der Waals surface area contributed by atoms with Crippen molar-refractivity contribution in [1.29, 1.82) is 0 Å². The largest absolute Gasteiger partial charge is 0.493 e. The van der Waals surface area contributed by atoms with E-state index in [4.69, 9.17) is 14.2 Å². The highest BCUT2D eigenvalue weighted by atomic mass is 16.5. The van der Waals surface area contributed by atoms with Gasteiger partial charge < -0.3 is 19.5 Å². The van der Waals surface area contributed by atoms with E-state index in [1.54, 1.807) is 20.3 Å². The number of hydrogen-bond donors (Lipinski definition) is 1. The molecule has 122 valence electrons. The van der Waals surface area contributed by atoms with Gasteiger partial charge in [0.15, 0.2) is 11.5 Å². The minimum atomic E-state index is -0.158. The summed E-state index contributed by atoms with van der Waals surface area (Å²) in [5.41, 5.74) is 0.871. The molecule has 0 aliphatic rings. The monoisotopic (exact) mass is 307 g/mol. The van der Waals surface area contributed by atoms with Gasteiger partial charge in [-0.15, -0.1) is 0 Å². The van der Waals surface area contributed by atoms with E-state index in [1.807, 2.05) is 32.0 Å². The molecule has 1 atom stereocenters. The van der Waals surface area contributed by atoms with E-state index < -0.39 is 0 Å². The Kier molecular flexibility index (Phi) is 8.07. The van der Waals surface area contributed by atoms with Crippen molar-refractivity contribution in [3.63, 3.8) is 0 Å². The molecule has 1 aromatic rings. The normalized spacial score (nSPS) is 12.2. The maximum Gasteiger partial charge on any atom is 0.244 e. The van der Waals surface area contributed by atoms with Crippen molar-refractivity contribution in [2.75, 3.05) is 27.4 Å². The third-order valence-corrected chi connectivity index (χ3v) is 2.88. The Morgan fingerprint density at radius 2 is 2.09 bits per heavy atom. The second-order valence-corrected chi connectivity index (χ2v) is 4.96. The second kappa shape index (κ2) is 9.84. The Balaban J connectivity index is 2.68. The maximum atomic E-state index is 11.8. The third-order valence-electron chi connectivity index (χ3n) is 2.88. The molecule has 0 saturated carbocycles. The van der Waals surface area contributed by atoms with E-state index >= 15 is 0 Å². The summed E-state index contributed by atoms with van der Waals surface area (Å²) in [5.74, 6) is 1.21. The smallest absolute Gasteiger partial charge is 0.244 e. The van der Waals surface area contributed by atoms with Crippen LogP contribution in [0.4, 0.5) is 0 Å². The fourth-order valence-corrected chi connectivity index (χ4v) is 1.87. The average Bonchev–Trinajstić information content (AvgIpc) is 2.51. The summed E-state index contributed by atoms with van der Waals surface area (Å²) in [4.78, 5) is 11.8. The van der Waals surface area contributed by atoms with Gasteiger partial charge in [-0.25, -0.2) is 0 Å². The minimum absolute atomic E-state index is 0.0264. The zero-order valence-electron chi connectivity index (χ0n) is 13.7. The number of methoxy groups -OCH3 is 2. The van der Waals surface area contributed by atoms with E-state index in [0.717, 1.165) is 12.0 Å². The van der Waals surface area contributed by atoms with Crippen LogP contribution in [0.15, 0.2) is 24.3 Å². The average molecular weight is 307 g/mol. The molecule has 1 amide bonds. The van der Waals surface area contributed by atoms with Gasteiger partial charge in [0.2, 0.25) is 5.91 Å². The number of benzene rings is 1. The molecule has 5 nitrogen and oxygen atoms in total. The van der Waals surface area contributed by atoms with Crippen molar-refractivity contribution < 1.29 is 19.0 Å². The zero-order chi connectivity index (χ0) is 16.4. The van der Waals surface area contributed by atoms with Gasteiger partial charge in [0.1, 0.15) is 0 Å². The van der Waals surface area contributed by atoms with Crippen LogP contribution in [0.5, 0.6) is 11.5 Å². The fraction of sp³-hybridized carbons (Fsp3) is 0.471. The molecule has 0 aromatic heterocycles. The van der Waals surface area contributed by atoms with Crippen molar-refractivity contribution in [3.05, 3.63) is 29.8 Å². The molecule has 1 rings (SSSR count). The lowest BCUT2D eigenvalue weighted by atomic mass is 10.2. The first-order valence-electron chi connectivity index (χ1n) is 7.39. The van der Waals surface area contributed by atoms with Crippen molar-refractivity contribution in [1.82, 2.24) is 5.32 Å². The zero-order valence-corrected chi connectivity index (χ0v) is 13.7. The molecule has 0 radical (unpaired) electrons. The summed E-state index contributed by atoms with van der Waals surface area (Å²) in [6.07, 6.45) is 4.17. The first-order chi connectivity index (χ1) is 10.6. The number of carbonyl (C=O) groups excluding carboxylic acids is 1. The van der Waals surface area contributed by atoms with Gasteiger partial charge in [-0.2, -0.15) is 0 Å². The van der Waals surface area contributed by atoms with Gasteiger partial charge >= 0.3 is 0 Å². The number of ether oxygens (including phenoxy) is 3. The second-order valence-electron chi connectivity index (χ2n) is 4.96. The highest BCUT2D eigenvalue weighted by Gasteiger charge is 2.06. The van der Waals surface area contributed by atoms with Crippen LogP contribution >= 0.6 is 0 Å². The van der Waals surface area contributed by atoms with Gasteiger partial charge in [-0.1, -0.05) is 13.0 Å². The summed E-state index contributed by atoms with van der Waals surface area (Å²) < 4.78 is 15.9. The molecule has 0 spiro atoms. The highest BCUT2D eigenvalue weighted by molar-refractivity contribution is 5.92. The van der Waals surface area contributed by atoms with Crippen LogP contribution in [0.2, 0.25) is 0 Å². The number of hydrogen-bond acceptors (Lipinski definition) is 4. The molecule has 1 unspecified atom stereocenters. The van der Waals surface area contributed by atoms with Gasteiger partial charge in [-0.3, -0.25) is 4.79 Å². The first kappa shape index (κ1) is 18.0. The molecule has 1 aromatic carbocycles. The number of rotatable bonds is 9. The van der Waals surface area contributed by atoms with Crippen molar-refractivity contribution in [2.45, 2.75) is 26.3 Å². The lowest BCUT2D eigenvalue weighted by molar-refractivity contribution is -0.117. The minimum Gasteiger partial charge on any atom is -0.493 e. The molecule has 0 bridgehead atoms. The van der Waals surface area contributed by atoms with E-state index in [9.17, 15) is 4.79 Å². The van der Waals surface area contributed by atoms with Gasteiger partial charge in [-0.05, 0) is 37.1 Å². The van der Waals surface area contributed by atoms with Crippen molar-refractivity contribution in [2.24, 2.45) is 0 Å². The molecule has 22 heavy (non-hydrogen) atoms. The predicted molar refractivity (Wildman–Crippen MR) is 87.3 cm³/mol. The van der Waals surface area contributed by atoms with E-state index in [1.165, 1.54) is 6.08 Å².